The summed E-state index contributed by atoms with van der Waals surface area (Å²) in [5.41, 5.74) is 5.76. The Labute approximate surface area is 210 Å². The topological polar surface area (TPSA) is 161 Å². The molecule has 3 atom stereocenters. The van der Waals surface area contributed by atoms with Crippen molar-refractivity contribution >= 4 is 23.8 Å². The minimum absolute atomic E-state index is 0.0398. The molecule has 3 unspecified atom stereocenters. The van der Waals surface area contributed by atoms with Crippen LogP contribution in [0.4, 0.5) is 0 Å². The molecule has 1 spiro atoms. The van der Waals surface area contributed by atoms with Gasteiger partial charge in [-0.15, -0.1) is 0 Å². The number of amides is 1. The predicted molar refractivity (Wildman–Crippen MR) is 123 cm³/mol. The van der Waals surface area contributed by atoms with Gasteiger partial charge in [-0.25, -0.2) is 9.59 Å². The quantitative estimate of drug-likeness (QED) is 0.328. The van der Waals surface area contributed by atoms with Crippen molar-refractivity contribution in [2.75, 3.05) is 7.11 Å². The molecule has 0 aromatic heterocycles. The third kappa shape index (κ3) is 4.11. The van der Waals surface area contributed by atoms with Crippen molar-refractivity contribution in [1.29, 1.82) is 0 Å². The van der Waals surface area contributed by atoms with E-state index in [1.807, 2.05) is 0 Å². The number of ether oxygens (including phenoxy) is 3. The molecule has 0 bridgehead atoms. The highest BCUT2D eigenvalue weighted by Gasteiger charge is 2.58. The minimum atomic E-state index is -1.41. The molecule has 4 aliphatic rings. The van der Waals surface area contributed by atoms with Crippen LogP contribution in [0, 0.1) is 0 Å². The lowest BCUT2D eigenvalue weighted by molar-refractivity contribution is -0.255. The number of nitrogens with two attached hydrogens (primary N) is 1. The minimum Gasteiger partial charge on any atom is -0.489 e. The summed E-state index contributed by atoms with van der Waals surface area (Å²) in [7, 11) is 1.18. The number of aliphatic hydroxyl groups is 1. The molecule has 192 valence electrons. The molecule has 2 heterocycles. The van der Waals surface area contributed by atoms with Crippen LogP contribution >= 0.6 is 0 Å². The van der Waals surface area contributed by atoms with Crippen molar-refractivity contribution in [2.45, 2.75) is 43.5 Å². The zero-order valence-electron chi connectivity index (χ0n) is 19.7. The molecule has 1 aromatic carbocycles. The first-order valence-corrected chi connectivity index (χ1v) is 11.5. The average Bonchev–Trinajstić information content (AvgIpc) is 3.15. The van der Waals surface area contributed by atoms with Crippen LogP contribution in [-0.2, 0) is 39.2 Å². The van der Waals surface area contributed by atoms with E-state index in [1.54, 1.807) is 36.4 Å². The molecule has 37 heavy (non-hydrogen) atoms. The third-order valence-corrected chi connectivity index (χ3v) is 6.55. The first kappa shape index (κ1) is 24.5. The zero-order chi connectivity index (χ0) is 26.3. The van der Waals surface area contributed by atoms with Crippen LogP contribution in [0.5, 0.6) is 0 Å². The molecule has 1 amide bonds. The van der Waals surface area contributed by atoms with Crippen LogP contribution in [-0.4, -0.2) is 48.2 Å². The molecule has 2 aliphatic heterocycles. The summed E-state index contributed by atoms with van der Waals surface area (Å²) < 4.78 is 17.7. The van der Waals surface area contributed by atoms with Gasteiger partial charge in [0.25, 0.3) is 0 Å². The molecule has 3 N–H and O–H groups in total. The van der Waals surface area contributed by atoms with E-state index in [2.05, 4.69) is 9.78 Å². The van der Waals surface area contributed by atoms with Crippen LogP contribution in [0.3, 0.4) is 0 Å². The molecule has 0 radical (unpaired) electrons. The molecule has 11 heteroatoms. The van der Waals surface area contributed by atoms with Gasteiger partial charge in [0.2, 0.25) is 5.91 Å². The van der Waals surface area contributed by atoms with Gasteiger partial charge >= 0.3 is 17.9 Å². The summed E-state index contributed by atoms with van der Waals surface area (Å²) in [5.74, 6) is -2.14. The van der Waals surface area contributed by atoms with Crippen LogP contribution in [0.2, 0.25) is 0 Å². The highest BCUT2D eigenvalue weighted by molar-refractivity contribution is 6.08. The summed E-state index contributed by atoms with van der Waals surface area (Å²) in [6, 6.07) is 4.77. The Kier molecular flexibility index (Phi) is 6.18. The van der Waals surface area contributed by atoms with Gasteiger partial charge in [-0.1, -0.05) is 30.4 Å². The fourth-order valence-corrected chi connectivity index (χ4v) is 5.06. The second-order valence-electron chi connectivity index (χ2n) is 8.79. The van der Waals surface area contributed by atoms with Gasteiger partial charge in [0.05, 0.1) is 37.2 Å². The second kappa shape index (κ2) is 9.34. The van der Waals surface area contributed by atoms with Gasteiger partial charge in [0, 0.05) is 29.6 Å². The van der Waals surface area contributed by atoms with E-state index in [4.69, 9.17) is 19.9 Å². The van der Waals surface area contributed by atoms with Crippen LogP contribution in [0.25, 0.3) is 0 Å². The molecule has 5 rings (SSSR count). The molecule has 11 nitrogen and oxygen atoms in total. The third-order valence-electron chi connectivity index (χ3n) is 6.55. The largest absolute Gasteiger partial charge is 0.489 e. The number of carbonyl (C=O) groups excluding carboxylic acids is 4. The Morgan fingerprint density at radius 1 is 1.16 bits per heavy atom. The van der Waals surface area contributed by atoms with Gasteiger partial charge in [-0.3, -0.25) is 14.5 Å². The lowest BCUT2D eigenvalue weighted by atomic mass is 9.71. The number of esters is 2. The van der Waals surface area contributed by atoms with Gasteiger partial charge in [0.1, 0.15) is 17.6 Å². The van der Waals surface area contributed by atoms with Crippen molar-refractivity contribution in [1.82, 2.24) is 0 Å². The Morgan fingerprint density at radius 3 is 2.70 bits per heavy atom. The highest BCUT2D eigenvalue weighted by atomic mass is 17.2. The van der Waals surface area contributed by atoms with Crippen LogP contribution < -0.4 is 5.73 Å². The summed E-state index contributed by atoms with van der Waals surface area (Å²) in [4.78, 5) is 57.5. The number of aliphatic hydroxyl groups excluding tert-OH is 1. The van der Waals surface area contributed by atoms with E-state index >= 15 is 0 Å². The van der Waals surface area contributed by atoms with Gasteiger partial charge in [-0.05, 0) is 12.1 Å². The van der Waals surface area contributed by atoms with E-state index in [9.17, 15) is 24.3 Å². The van der Waals surface area contributed by atoms with E-state index in [-0.39, 0.29) is 42.6 Å². The Morgan fingerprint density at radius 2 is 1.95 bits per heavy atom. The van der Waals surface area contributed by atoms with Gasteiger partial charge < -0.3 is 25.1 Å². The van der Waals surface area contributed by atoms with E-state index in [0.717, 1.165) is 0 Å². The van der Waals surface area contributed by atoms with Gasteiger partial charge in [-0.2, -0.15) is 4.89 Å². The number of allylic oxidation sites excluding steroid dienone is 2. The average molecular weight is 509 g/mol. The Hall–Kier alpha value is -4.22. The monoisotopic (exact) mass is 509 g/mol. The molecule has 1 aromatic rings. The standard InChI is InChI=1S/C26H23NO10/c1-33-37-22(30)10-9-21(29)34-14-6-8-17-20(12-14)35-19-11-13(28)5-7-16(19)26(17)18-4-2-3-15(24(27)31)23(18)25(32)36-26/h2-8,13,20,28H,9-12H2,1H3,(H2,27,31). The van der Waals surface area contributed by atoms with E-state index in [0.29, 0.717) is 22.5 Å². The molecular weight excluding hydrogens is 486 g/mol. The molecule has 0 saturated heterocycles. The van der Waals surface area contributed by atoms with Crippen molar-refractivity contribution in [3.8, 4) is 0 Å². The maximum atomic E-state index is 13.1. The molecular formula is C26H23NO10. The number of carbonyl (C=O) groups is 4. The Bertz CT molecular complexity index is 1340. The Balaban J connectivity index is 1.53. The predicted octanol–water partition coefficient (Wildman–Crippen LogP) is 1.77. The lowest BCUT2D eigenvalue weighted by Gasteiger charge is -2.44. The van der Waals surface area contributed by atoms with Crippen molar-refractivity contribution < 1.29 is 48.3 Å². The normalized spacial score (nSPS) is 25.2. The number of benzene rings is 1. The number of fused-ring (bicyclic) bond motifs is 5. The summed E-state index contributed by atoms with van der Waals surface area (Å²) in [6.45, 7) is 0. The zero-order valence-corrected chi connectivity index (χ0v) is 19.7. The number of primary amides is 1. The lowest BCUT2D eigenvalue weighted by Crippen LogP contribution is -2.44. The van der Waals surface area contributed by atoms with E-state index in [1.165, 1.54) is 13.2 Å². The number of rotatable bonds is 6. The van der Waals surface area contributed by atoms with Crippen LogP contribution in [0.1, 0.15) is 52.0 Å². The number of hydrogen-bond acceptors (Lipinski definition) is 10. The fraction of sp³-hybridized carbons (Fsp3) is 0.308. The fourth-order valence-electron chi connectivity index (χ4n) is 5.06. The second-order valence-corrected chi connectivity index (χ2v) is 8.79. The summed E-state index contributed by atoms with van der Waals surface area (Å²) in [6.07, 6.45) is 4.74. The van der Waals surface area contributed by atoms with Crippen molar-refractivity contribution in [3.63, 3.8) is 0 Å². The van der Waals surface area contributed by atoms with Gasteiger partial charge in [0.15, 0.2) is 5.60 Å². The van der Waals surface area contributed by atoms with Crippen molar-refractivity contribution in [3.05, 3.63) is 81.9 Å². The first-order valence-electron chi connectivity index (χ1n) is 11.5. The summed E-state index contributed by atoms with van der Waals surface area (Å²) >= 11 is 0. The maximum Gasteiger partial charge on any atom is 0.342 e. The SMILES string of the molecule is COOC(=O)CCC(=O)OC1=CC=C2C(C1)OC1=C(C=CC(O)C1)C21OC(=O)c2c(C(N)=O)cccc21. The van der Waals surface area contributed by atoms with Crippen LogP contribution in [0.15, 0.2) is 65.2 Å². The summed E-state index contributed by atoms with van der Waals surface area (Å²) in [5, 5.41) is 10.2. The van der Waals surface area contributed by atoms with E-state index < -0.39 is 41.6 Å². The molecule has 2 aliphatic carbocycles. The smallest absolute Gasteiger partial charge is 0.342 e. The molecule has 0 fully saturated rings. The first-order chi connectivity index (χ1) is 17.7. The molecule has 0 saturated carbocycles. The van der Waals surface area contributed by atoms with Crippen molar-refractivity contribution in [2.24, 2.45) is 5.73 Å². The highest BCUT2D eigenvalue weighted by Crippen LogP contribution is 2.56. The maximum absolute atomic E-state index is 13.1. The number of hydrogen-bond donors (Lipinski definition) is 2.